The van der Waals surface area contributed by atoms with Crippen molar-refractivity contribution < 1.29 is 9.59 Å². The molecule has 0 saturated heterocycles. The van der Waals surface area contributed by atoms with Crippen molar-refractivity contribution in [2.24, 2.45) is 0 Å². The van der Waals surface area contributed by atoms with Crippen LogP contribution in [-0.2, 0) is 16.0 Å². The molecule has 0 atom stereocenters. The van der Waals surface area contributed by atoms with E-state index in [0.717, 1.165) is 22.3 Å². The minimum Gasteiger partial charge on any atom is -0.312 e. The maximum absolute atomic E-state index is 12.6. The summed E-state index contributed by atoms with van der Waals surface area (Å²) < 4.78 is 0.846. The Labute approximate surface area is 150 Å². The molecule has 2 aromatic rings. The van der Waals surface area contributed by atoms with Gasteiger partial charge in [-0.1, -0.05) is 30.3 Å². The minimum absolute atomic E-state index is 0.0539. The molecule has 2 aromatic carbocycles. The van der Waals surface area contributed by atoms with E-state index in [9.17, 15) is 9.59 Å². The lowest BCUT2D eigenvalue weighted by Crippen LogP contribution is -2.35. The molecule has 0 aliphatic carbocycles. The van der Waals surface area contributed by atoms with Gasteiger partial charge in [0.1, 0.15) is 0 Å². The van der Waals surface area contributed by atoms with E-state index in [1.54, 1.807) is 4.90 Å². The van der Waals surface area contributed by atoms with E-state index in [1.165, 1.54) is 12.5 Å². The number of para-hydroxylation sites is 2. The van der Waals surface area contributed by atoms with Crippen LogP contribution < -0.4 is 9.80 Å². The topological polar surface area (TPSA) is 40.6 Å². The van der Waals surface area contributed by atoms with E-state index < -0.39 is 0 Å². The van der Waals surface area contributed by atoms with Gasteiger partial charge in [0.25, 0.3) is 0 Å². The highest BCUT2D eigenvalue weighted by atomic mass is 79.9. The highest BCUT2D eigenvalue weighted by Gasteiger charge is 2.25. The average molecular weight is 387 g/mol. The Morgan fingerprint density at radius 1 is 1.12 bits per heavy atom. The van der Waals surface area contributed by atoms with Crippen molar-refractivity contribution in [1.29, 1.82) is 0 Å². The van der Waals surface area contributed by atoms with Crippen LogP contribution in [0, 0.1) is 0 Å². The zero-order valence-corrected chi connectivity index (χ0v) is 15.1. The first kappa shape index (κ1) is 16.7. The maximum atomic E-state index is 12.6. The number of anilines is 2. The first-order valence-electron chi connectivity index (χ1n) is 7.99. The summed E-state index contributed by atoms with van der Waals surface area (Å²) in [6.07, 6.45) is 1.19. The fourth-order valence-electron chi connectivity index (χ4n) is 3.06. The van der Waals surface area contributed by atoms with E-state index in [2.05, 4.69) is 22.0 Å². The fourth-order valence-corrected chi connectivity index (χ4v) is 3.56. The van der Waals surface area contributed by atoms with E-state index in [0.29, 0.717) is 19.5 Å². The first-order chi connectivity index (χ1) is 11.6. The number of hydrogen-bond donors (Lipinski definition) is 0. The van der Waals surface area contributed by atoms with Gasteiger partial charge in [-0.2, -0.15) is 0 Å². The smallest absolute Gasteiger partial charge is 0.228 e. The van der Waals surface area contributed by atoms with Gasteiger partial charge in [-0.05, 0) is 46.1 Å². The van der Waals surface area contributed by atoms with Gasteiger partial charge in [-0.15, -0.1) is 0 Å². The van der Waals surface area contributed by atoms with Crippen LogP contribution in [0.15, 0.2) is 53.0 Å². The fraction of sp³-hybridized carbons (Fsp3) is 0.263. The van der Waals surface area contributed by atoms with E-state index in [1.807, 2.05) is 47.4 Å². The van der Waals surface area contributed by atoms with Crippen molar-refractivity contribution in [3.63, 3.8) is 0 Å². The van der Waals surface area contributed by atoms with E-state index >= 15 is 0 Å². The number of fused-ring (bicyclic) bond motifs is 1. The summed E-state index contributed by atoms with van der Waals surface area (Å²) in [4.78, 5) is 28.1. The summed E-state index contributed by atoms with van der Waals surface area (Å²) >= 11 is 3.47. The van der Waals surface area contributed by atoms with Crippen LogP contribution in [0.2, 0.25) is 0 Å². The summed E-state index contributed by atoms with van der Waals surface area (Å²) in [6, 6.07) is 15.5. The van der Waals surface area contributed by atoms with Crippen LogP contribution in [-0.4, -0.2) is 24.9 Å². The molecule has 3 rings (SSSR count). The van der Waals surface area contributed by atoms with Gasteiger partial charge < -0.3 is 9.80 Å². The zero-order valence-electron chi connectivity index (χ0n) is 13.5. The molecule has 4 nitrogen and oxygen atoms in total. The Balaban J connectivity index is 1.71. The first-order valence-corrected chi connectivity index (χ1v) is 8.78. The quantitative estimate of drug-likeness (QED) is 0.801. The average Bonchev–Trinajstić information content (AvgIpc) is 3.00. The molecule has 0 radical (unpaired) electrons. The number of hydrogen-bond acceptors (Lipinski definition) is 2. The predicted molar refractivity (Wildman–Crippen MR) is 99.3 cm³/mol. The maximum Gasteiger partial charge on any atom is 0.228 e. The Morgan fingerprint density at radius 2 is 1.83 bits per heavy atom. The summed E-state index contributed by atoms with van der Waals surface area (Å²) in [5.74, 6) is -0.0187. The van der Waals surface area contributed by atoms with Gasteiger partial charge >= 0.3 is 0 Å². The predicted octanol–water partition coefficient (Wildman–Crippen LogP) is 3.78. The molecule has 0 bridgehead atoms. The molecule has 5 heteroatoms. The third-order valence-corrected chi connectivity index (χ3v) is 4.93. The van der Waals surface area contributed by atoms with E-state index in [-0.39, 0.29) is 11.8 Å². The number of rotatable bonds is 4. The van der Waals surface area contributed by atoms with Crippen LogP contribution in [0.25, 0.3) is 0 Å². The molecule has 0 saturated carbocycles. The molecule has 1 heterocycles. The number of carbonyl (C=O) groups excluding carboxylic acids is 2. The molecular weight excluding hydrogens is 368 g/mol. The second-order valence-corrected chi connectivity index (χ2v) is 6.65. The van der Waals surface area contributed by atoms with Crippen LogP contribution in [0.1, 0.15) is 18.9 Å². The largest absolute Gasteiger partial charge is 0.312 e. The molecule has 24 heavy (non-hydrogen) atoms. The van der Waals surface area contributed by atoms with Crippen molar-refractivity contribution >= 4 is 39.1 Å². The summed E-state index contributed by atoms with van der Waals surface area (Å²) in [6.45, 7) is 2.61. The van der Waals surface area contributed by atoms with Gasteiger partial charge in [0.2, 0.25) is 11.8 Å². The highest BCUT2D eigenvalue weighted by molar-refractivity contribution is 9.10. The Hall–Kier alpha value is -2.14. The SMILES string of the molecule is CC(=O)N(CCC(=O)N1CCc2ccccc21)c1ccccc1Br. The lowest BCUT2D eigenvalue weighted by molar-refractivity contribution is -0.118. The second-order valence-electron chi connectivity index (χ2n) is 5.80. The van der Waals surface area contributed by atoms with Crippen molar-refractivity contribution in [2.45, 2.75) is 19.8 Å². The zero-order chi connectivity index (χ0) is 17.1. The highest BCUT2D eigenvalue weighted by Crippen LogP contribution is 2.29. The normalized spacial score (nSPS) is 12.8. The lowest BCUT2D eigenvalue weighted by atomic mass is 10.2. The summed E-state index contributed by atoms with van der Waals surface area (Å²) in [5.41, 5.74) is 3.00. The number of benzene rings is 2. The minimum atomic E-state index is -0.0727. The Kier molecular flexibility index (Phi) is 5.00. The lowest BCUT2D eigenvalue weighted by Gasteiger charge is -2.24. The van der Waals surface area contributed by atoms with Crippen LogP contribution in [0.5, 0.6) is 0 Å². The third kappa shape index (κ3) is 3.36. The van der Waals surface area contributed by atoms with Crippen molar-refractivity contribution in [3.05, 3.63) is 58.6 Å². The van der Waals surface area contributed by atoms with Gasteiger partial charge in [-0.25, -0.2) is 0 Å². The molecular formula is C19H19BrN2O2. The Bertz CT molecular complexity index is 775. The van der Waals surface area contributed by atoms with Crippen LogP contribution in [0.3, 0.4) is 0 Å². The molecule has 0 spiro atoms. The van der Waals surface area contributed by atoms with Gasteiger partial charge in [-0.3, -0.25) is 9.59 Å². The molecule has 0 aromatic heterocycles. The van der Waals surface area contributed by atoms with Crippen molar-refractivity contribution in [1.82, 2.24) is 0 Å². The molecule has 1 aliphatic rings. The standard InChI is InChI=1S/C19H19BrN2O2/c1-14(23)21(18-9-5-3-7-16(18)20)13-11-19(24)22-12-10-15-6-2-4-8-17(15)22/h2-9H,10-13H2,1H3. The molecule has 124 valence electrons. The molecule has 0 fully saturated rings. The third-order valence-electron chi connectivity index (χ3n) is 4.26. The number of nitrogens with zero attached hydrogens (tertiary/aromatic N) is 2. The Morgan fingerprint density at radius 3 is 2.58 bits per heavy atom. The molecule has 2 amide bonds. The molecule has 1 aliphatic heterocycles. The van der Waals surface area contributed by atoms with E-state index in [4.69, 9.17) is 0 Å². The number of carbonyl (C=O) groups is 2. The van der Waals surface area contributed by atoms with Gasteiger partial charge in [0, 0.05) is 36.6 Å². The van der Waals surface area contributed by atoms with Crippen LogP contribution in [0.4, 0.5) is 11.4 Å². The second kappa shape index (κ2) is 7.18. The number of halogens is 1. The van der Waals surface area contributed by atoms with Crippen molar-refractivity contribution in [2.75, 3.05) is 22.9 Å². The van der Waals surface area contributed by atoms with Crippen molar-refractivity contribution in [3.8, 4) is 0 Å². The summed E-state index contributed by atoms with van der Waals surface area (Å²) in [7, 11) is 0. The molecule has 0 unspecified atom stereocenters. The number of amides is 2. The van der Waals surface area contributed by atoms with Gasteiger partial charge in [0.05, 0.1) is 5.69 Å². The van der Waals surface area contributed by atoms with Crippen LogP contribution >= 0.6 is 15.9 Å². The van der Waals surface area contributed by atoms with Gasteiger partial charge in [0.15, 0.2) is 0 Å². The monoisotopic (exact) mass is 386 g/mol. The summed E-state index contributed by atoms with van der Waals surface area (Å²) in [5, 5.41) is 0. The molecule has 0 N–H and O–H groups in total.